The van der Waals surface area contributed by atoms with Gasteiger partial charge in [0, 0.05) is 6.42 Å². The molecule has 0 aliphatic heterocycles. The van der Waals surface area contributed by atoms with E-state index in [1.807, 2.05) is 6.92 Å². The minimum atomic E-state index is -4.27. The first-order valence-corrected chi connectivity index (χ1v) is 15.0. The first-order valence-electron chi connectivity index (χ1n) is 13.6. The Morgan fingerprint density at radius 2 is 1.23 bits per heavy atom. The minimum Gasteiger partial charge on any atom is -0.744 e. The molecule has 1 aromatic carbocycles. The largest absolute Gasteiger partial charge is 0.744 e. The summed E-state index contributed by atoms with van der Waals surface area (Å²) in [6, 6.07) is 5.78. The van der Waals surface area contributed by atoms with Crippen molar-refractivity contribution >= 4 is 16.0 Å². The maximum atomic E-state index is 11.7. The number of hydrogen-bond donors (Lipinski definition) is 1. The van der Waals surface area contributed by atoms with Gasteiger partial charge < -0.3 is 14.4 Å². The quantitative estimate of drug-likeness (QED) is 0.144. The van der Waals surface area contributed by atoms with E-state index in [9.17, 15) is 17.8 Å². The molecule has 0 aliphatic carbocycles. The molecule has 0 unspecified atom stereocenters. The molecular weight excluding hydrogens is 460 g/mol. The third-order valence-electron chi connectivity index (χ3n) is 5.92. The van der Waals surface area contributed by atoms with Crippen LogP contribution < -0.4 is 5.32 Å². The van der Waals surface area contributed by atoms with E-state index in [1.165, 1.54) is 89.2 Å². The third-order valence-corrected chi connectivity index (χ3v) is 6.77. The average Bonchev–Trinajstić information content (AvgIpc) is 2.76. The highest BCUT2D eigenvalue weighted by molar-refractivity contribution is 7.85. The summed E-state index contributed by atoms with van der Waals surface area (Å²) in [6.45, 7) is 5.88. The fourth-order valence-electron chi connectivity index (χ4n) is 3.63. The fraction of sp³-hybridized carbons (Fsp3) is 0.750. The second kappa shape index (κ2) is 19.7. The second-order valence-electron chi connectivity index (χ2n) is 10.6. The van der Waals surface area contributed by atoms with Crippen molar-refractivity contribution in [2.45, 2.75) is 109 Å². The first kappa shape index (κ1) is 33.6. The molecule has 0 aliphatic rings. The van der Waals surface area contributed by atoms with E-state index in [0.29, 0.717) is 6.42 Å². The number of aryl methyl sites for hydroxylation is 1. The van der Waals surface area contributed by atoms with Crippen LogP contribution in [-0.2, 0) is 14.9 Å². The van der Waals surface area contributed by atoms with Crippen molar-refractivity contribution < 1.29 is 22.2 Å². The van der Waals surface area contributed by atoms with Crippen LogP contribution in [0.15, 0.2) is 29.2 Å². The molecule has 7 heteroatoms. The number of likely N-dealkylation sites (N-methyl/N-ethyl adjacent to an activating group) is 1. The normalized spacial score (nSPS) is 11.6. The number of amides is 1. The van der Waals surface area contributed by atoms with Gasteiger partial charge >= 0.3 is 0 Å². The van der Waals surface area contributed by atoms with Crippen molar-refractivity contribution in [3.8, 4) is 0 Å². The standard InChI is InChI=1S/C21H44N2O.C7H8O3S/c1-5-6-7-8-9-10-11-12-13-14-15-16-17-18-21(24)22-19-20-23(2,3)4;1-6-2-4-7(5-3-6)11(8,9)10/h5-20H2,1-4H3;2-5H,1H3,(H,8,9,10). The zero-order valence-electron chi connectivity index (χ0n) is 23.1. The summed E-state index contributed by atoms with van der Waals surface area (Å²) in [5, 5.41) is 3.03. The predicted molar refractivity (Wildman–Crippen MR) is 145 cm³/mol. The van der Waals surface area contributed by atoms with E-state index in [2.05, 4.69) is 33.4 Å². The summed E-state index contributed by atoms with van der Waals surface area (Å²) in [5.74, 6) is 0.228. The number of unbranched alkanes of at least 4 members (excludes halogenated alkanes) is 12. The van der Waals surface area contributed by atoms with Crippen LogP contribution in [-0.4, -0.2) is 57.6 Å². The Hall–Kier alpha value is -1.44. The molecule has 35 heavy (non-hydrogen) atoms. The molecule has 0 heterocycles. The van der Waals surface area contributed by atoms with Crippen LogP contribution >= 0.6 is 0 Å². The van der Waals surface area contributed by atoms with Gasteiger partial charge in [-0.3, -0.25) is 4.79 Å². The Bertz CT molecular complexity index is 756. The van der Waals surface area contributed by atoms with Gasteiger partial charge in [0.25, 0.3) is 0 Å². The number of carbonyl (C=O) groups excluding carboxylic acids is 1. The fourth-order valence-corrected chi connectivity index (χ4v) is 4.10. The van der Waals surface area contributed by atoms with Crippen LogP contribution in [0.4, 0.5) is 0 Å². The Morgan fingerprint density at radius 1 is 0.800 bits per heavy atom. The Labute approximate surface area is 216 Å². The van der Waals surface area contributed by atoms with Crippen molar-refractivity contribution in [1.29, 1.82) is 0 Å². The molecule has 0 saturated carbocycles. The van der Waals surface area contributed by atoms with E-state index in [1.54, 1.807) is 12.1 Å². The van der Waals surface area contributed by atoms with Crippen molar-refractivity contribution in [1.82, 2.24) is 5.32 Å². The number of carbonyl (C=O) groups is 1. The summed E-state index contributed by atoms with van der Waals surface area (Å²) in [7, 11) is 2.18. The van der Waals surface area contributed by atoms with Crippen molar-refractivity contribution in [2.24, 2.45) is 0 Å². The predicted octanol–water partition coefficient (Wildman–Crippen LogP) is 6.19. The molecule has 1 N–H and O–H groups in total. The molecule has 6 nitrogen and oxygen atoms in total. The second-order valence-corrected chi connectivity index (χ2v) is 12.0. The number of benzene rings is 1. The first-order chi connectivity index (χ1) is 16.5. The highest BCUT2D eigenvalue weighted by Crippen LogP contribution is 2.13. The zero-order valence-corrected chi connectivity index (χ0v) is 23.9. The Kier molecular flexibility index (Phi) is 18.9. The van der Waals surface area contributed by atoms with Gasteiger partial charge in [0.05, 0.1) is 39.1 Å². The van der Waals surface area contributed by atoms with Gasteiger partial charge in [-0.1, -0.05) is 102 Å². The number of nitrogens with one attached hydrogen (secondary N) is 1. The molecular formula is C28H52N2O4S. The lowest BCUT2D eigenvalue weighted by atomic mass is 10.0. The Morgan fingerprint density at radius 3 is 1.63 bits per heavy atom. The minimum absolute atomic E-state index is 0.178. The monoisotopic (exact) mass is 512 g/mol. The van der Waals surface area contributed by atoms with Gasteiger partial charge in [0.1, 0.15) is 10.1 Å². The molecule has 1 amide bonds. The van der Waals surface area contributed by atoms with Crippen LogP contribution in [0.25, 0.3) is 0 Å². The third kappa shape index (κ3) is 22.7. The summed E-state index contributed by atoms with van der Waals surface area (Å²) in [5.41, 5.74) is 0.928. The zero-order chi connectivity index (χ0) is 26.6. The van der Waals surface area contributed by atoms with Gasteiger partial charge in [-0.2, -0.15) is 0 Å². The average molecular weight is 513 g/mol. The molecule has 0 aromatic heterocycles. The molecule has 0 atom stereocenters. The van der Waals surface area contributed by atoms with Crippen LogP contribution in [0.2, 0.25) is 0 Å². The Balaban J connectivity index is 0.000000867. The molecule has 0 radical (unpaired) electrons. The molecule has 0 saturated heterocycles. The summed E-state index contributed by atoms with van der Waals surface area (Å²) in [4.78, 5) is 11.5. The van der Waals surface area contributed by atoms with E-state index in [4.69, 9.17) is 0 Å². The smallest absolute Gasteiger partial charge is 0.220 e. The van der Waals surface area contributed by atoms with E-state index in [0.717, 1.165) is 29.6 Å². The highest BCUT2D eigenvalue weighted by Gasteiger charge is 2.07. The number of quaternary nitrogens is 1. The maximum absolute atomic E-state index is 11.7. The van der Waals surface area contributed by atoms with Crippen LogP contribution in [0, 0.1) is 6.92 Å². The summed E-state index contributed by atoms with van der Waals surface area (Å²) >= 11 is 0. The number of nitrogens with zero attached hydrogens (tertiary/aromatic N) is 1. The van der Waals surface area contributed by atoms with Crippen LogP contribution in [0.3, 0.4) is 0 Å². The van der Waals surface area contributed by atoms with Gasteiger partial charge in [0.15, 0.2) is 0 Å². The van der Waals surface area contributed by atoms with Gasteiger partial charge in [-0.25, -0.2) is 8.42 Å². The van der Waals surface area contributed by atoms with E-state index < -0.39 is 10.1 Å². The van der Waals surface area contributed by atoms with Crippen LogP contribution in [0.1, 0.15) is 102 Å². The topological polar surface area (TPSA) is 86.3 Å². The number of rotatable bonds is 18. The summed E-state index contributed by atoms with van der Waals surface area (Å²) < 4.78 is 32.1. The summed E-state index contributed by atoms with van der Waals surface area (Å²) in [6.07, 6.45) is 18.3. The van der Waals surface area contributed by atoms with Gasteiger partial charge in [-0.15, -0.1) is 0 Å². The van der Waals surface area contributed by atoms with Crippen LogP contribution in [0.5, 0.6) is 0 Å². The lowest BCUT2D eigenvalue weighted by molar-refractivity contribution is -0.869. The highest BCUT2D eigenvalue weighted by atomic mass is 32.2. The van der Waals surface area contributed by atoms with Crippen molar-refractivity contribution in [3.05, 3.63) is 29.8 Å². The SMILES string of the molecule is CCCCCCCCCCCCCCCC(=O)NCC[N+](C)(C)C.Cc1ccc(S(=O)(=O)[O-])cc1. The van der Waals surface area contributed by atoms with Crippen molar-refractivity contribution in [3.63, 3.8) is 0 Å². The molecule has 1 aromatic rings. The molecule has 0 bridgehead atoms. The van der Waals surface area contributed by atoms with Gasteiger partial charge in [0.2, 0.25) is 5.91 Å². The molecule has 1 rings (SSSR count). The lowest BCUT2D eigenvalue weighted by Crippen LogP contribution is -2.41. The van der Waals surface area contributed by atoms with E-state index in [-0.39, 0.29) is 10.8 Å². The molecule has 0 spiro atoms. The van der Waals surface area contributed by atoms with Crippen molar-refractivity contribution in [2.75, 3.05) is 34.2 Å². The lowest BCUT2D eigenvalue weighted by Gasteiger charge is -2.23. The molecule has 204 valence electrons. The van der Waals surface area contributed by atoms with Gasteiger partial charge in [-0.05, 0) is 25.5 Å². The number of hydrogen-bond acceptors (Lipinski definition) is 4. The maximum Gasteiger partial charge on any atom is 0.220 e. The molecule has 0 fully saturated rings. The van der Waals surface area contributed by atoms with E-state index >= 15 is 0 Å².